The van der Waals surface area contributed by atoms with Gasteiger partial charge >= 0.3 is 0 Å². The molecule has 3 heterocycles. The summed E-state index contributed by atoms with van der Waals surface area (Å²) < 4.78 is 5.76. The second-order valence-electron chi connectivity index (χ2n) is 10.5. The predicted molar refractivity (Wildman–Crippen MR) is 143 cm³/mol. The van der Waals surface area contributed by atoms with Gasteiger partial charge in [0.25, 0.3) is 0 Å². The molecular formula is C28H42N6O. The van der Waals surface area contributed by atoms with E-state index in [4.69, 9.17) is 14.7 Å². The summed E-state index contributed by atoms with van der Waals surface area (Å²) in [6.45, 7) is 12.6. The van der Waals surface area contributed by atoms with E-state index in [0.717, 1.165) is 93.1 Å². The number of rotatable bonds is 11. The summed E-state index contributed by atoms with van der Waals surface area (Å²) in [6, 6.07) is 8.81. The number of nitrogens with zero attached hydrogens (tertiary/aromatic N) is 5. The maximum absolute atomic E-state index is 5.76. The minimum Gasteiger partial charge on any atom is -0.376 e. The molecule has 3 aliphatic rings. The van der Waals surface area contributed by atoms with Crippen molar-refractivity contribution in [3.05, 3.63) is 35.5 Å². The highest BCUT2D eigenvalue weighted by molar-refractivity contribution is 5.63. The van der Waals surface area contributed by atoms with Crippen LogP contribution in [0.1, 0.15) is 43.9 Å². The minimum absolute atomic E-state index is 0.601. The number of likely N-dealkylation sites (N-methyl/N-ethyl adjacent to an activating group) is 1. The van der Waals surface area contributed by atoms with Crippen molar-refractivity contribution in [3.63, 3.8) is 0 Å². The van der Waals surface area contributed by atoms with Crippen LogP contribution < -0.4 is 10.2 Å². The summed E-state index contributed by atoms with van der Waals surface area (Å²) in [5.74, 6) is 2.72. The van der Waals surface area contributed by atoms with E-state index in [2.05, 4.69) is 58.3 Å². The zero-order valence-corrected chi connectivity index (χ0v) is 21.6. The standard InChI is InChI=1S/C28H42N6O/c1-3-13-33(20-22-5-6-22)14-4-12-29-28-25-21-35-19-11-26(25)30-27(31-28)23-7-9-24(10-8-23)34-17-15-32(2)16-18-34/h7-10,22H,3-6,11-21H2,1-2H3,(H,29,30,31). The average molecular weight is 479 g/mol. The minimum atomic E-state index is 0.601. The van der Waals surface area contributed by atoms with E-state index in [1.807, 2.05) is 0 Å². The number of hydrogen-bond donors (Lipinski definition) is 1. The summed E-state index contributed by atoms with van der Waals surface area (Å²) in [5, 5.41) is 3.65. The van der Waals surface area contributed by atoms with Crippen molar-refractivity contribution in [2.75, 3.05) is 76.2 Å². The number of aromatic nitrogens is 2. The summed E-state index contributed by atoms with van der Waals surface area (Å²) in [4.78, 5) is 17.4. The third-order valence-corrected chi connectivity index (χ3v) is 7.51. The molecule has 2 fully saturated rings. The molecule has 1 saturated carbocycles. The normalized spacial score (nSPS) is 18.7. The van der Waals surface area contributed by atoms with E-state index < -0.39 is 0 Å². The molecule has 1 aliphatic carbocycles. The quantitative estimate of drug-likeness (QED) is 0.492. The van der Waals surface area contributed by atoms with Gasteiger partial charge in [-0.3, -0.25) is 0 Å². The molecule has 0 spiro atoms. The highest BCUT2D eigenvalue weighted by Gasteiger charge is 2.24. The van der Waals surface area contributed by atoms with Gasteiger partial charge in [-0.05, 0) is 76.0 Å². The molecule has 0 radical (unpaired) electrons. The molecule has 190 valence electrons. The van der Waals surface area contributed by atoms with Crippen LogP contribution in [0.3, 0.4) is 0 Å². The number of anilines is 2. The number of fused-ring (bicyclic) bond motifs is 1. The van der Waals surface area contributed by atoms with Crippen LogP contribution in [0.2, 0.25) is 0 Å². The summed E-state index contributed by atoms with van der Waals surface area (Å²) in [6.07, 6.45) is 6.05. The van der Waals surface area contributed by atoms with Crippen molar-refractivity contribution in [3.8, 4) is 11.4 Å². The average Bonchev–Trinajstić information content (AvgIpc) is 3.71. The molecule has 7 heteroatoms. The molecule has 1 N–H and O–H groups in total. The van der Waals surface area contributed by atoms with Crippen molar-refractivity contribution < 1.29 is 4.74 Å². The molecule has 0 atom stereocenters. The van der Waals surface area contributed by atoms with Crippen LogP contribution in [0, 0.1) is 5.92 Å². The van der Waals surface area contributed by atoms with Gasteiger partial charge in [-0.25, -0.2) is 9.97 Å². The fourth-order valence-corrected chi connectivity index (χ4v) is 5.18. The van der Waals surface area contributed by atoms with Gasteiger partial charge in [0.1, 0.15) is 5.82 Å². The first kappa shape index (κ1) is 24.5. The fourth-order valence-electron chi connectivity index (χ4n) is 5.18. The van der Waals surface area contributed by atoms with Crippen molar-refractivity contribution in [2.24, 2.45) is 5.92 Å². The molecule has 2 aromatic rings. The molecule has 0 amide bonds. The van der Waals surface area contributed by atoms with E-state index in [-0.39, 0.29) is 0 Å². The number of ether oxygens (including phenoxy) is 1. The molecule has 5 rings (SSSR count). The van der Waals surface area contributed by atoms with Crippen LogP contribution in [0.15, 0.2) is 24.3 Å². The van der Waals surface area contributed by atoms with Crippen LogP contribution in [0.5, 0.6) is 0 Å². The van der Waals surface area contributed by atoms with E-state index in [1.165, 1.54) is 38.0 Å². The topological polar surface area (TPSA) is 56.8 Å². The van der Waals surface area contributed by atoms with Gasteiger partial charge in [0.15, 0.2) is 5.82 Å². The summed E-state index contributed by atoms with van der Waals surface area (Å²) >= 11 is 0. The number of piperazine rings is 1. The molecule has 1 aromatic heterocycles. The maximum atomic E-state index is 5.76. The van der Waals surface area contributed by atoms with Gasteiger partial charge in [0.05, 0.1) is 18.9 Å². The van der Waals surface area contributed by atoms with Crippen LogP contribution in [-0.2, 0) is 17.8 Å². The third-order valence-electron chi connectivity index (χ3n) is 7.51. The zero-order valence-electron chi connectivity index (χ0n) is 21.6. The molecule has 0 unspecified atom stereocenters. The Morgan fingerprint density at radius 3 is 2.60 bits per heavy atom. The van der Waals surface area contributed by atoms with Gasteiger partial charge in [0, 0.05) is 62.5 Å². The Morgan fingerprint density at radius 1 is 1.06 bits per heavy atom. The van der Waals surface area contributed by atoms with Crippen molar-refractivity contribution in [2.45, 2.75) is 45.6 Å². The number of nitrogens with one attached hydrogen (secondary N) is 1. The molecule has 7 nitrogen and oxygen atoms in total. The van der Waals surface area contributed by atoms with Gasteiger partial charge in [-0.2, -0.15) is 0 Å². The fraction of sp³-hybridized carbons (Fsp3) is 0.643. The predicted octanol–water partition coefficient (Wildman–Crippen LogP) is 3.89. The highest BCUT2D eigenvalue weighted by Crippen LogP contribution is 2.30. The Balaban J connectivity index is 1.25. The Morgan fingerprint density at radius 2 is 1.86 bits per heavy atom. The molecule has 0 bridgehead atoms. The monoisotopic (exact) mass is 478 g/mol. The van der Waals surface area contributed by atoms with E-state index in [1.54, 1.807) is 0 Å². The lowest BCUT2D eigenvalue weighted by Gasteiger charge is -2.34. The van der Waals surface area contributed by atoms with Gasteiger partial charge < -0.3 is 24.8 Å². The number of benzene rings is 1. The summed E-state index contributed by atoms with van der Waals surface area (Å²) in [5.41, 5.74) is 4.64. The second kappa shape index (κ2) is 11.7. The molecular weight excluding hydrogens is 436 g/mol. The third kappa shape index (κ3) is 6.51. The second-order valence-corrected chi connectivity index (χ2v) is 10.5. The van der Waals surface area contributed by atoms with Crippen molar-refractivity contribution in [1.29, 1.82) is 0 Å². The molecule has 2 aliphatic heterocycles. The van der Waals surface area contributed by atoms with Gasteiger partial charge in [-0.1, -0.05) is 6.92 Å². The SMILES string of the molecule is CCCN(CCCNc1nc(-c2ccc(N3CCN(C)CC3)cc2)nc2c1COCC2)CC1CC1. The van der Waals surface area contributed by atoms with Crippen molar-refractivity contribution in [1.82, 2.24) is 19.8 Å². The lowest BCUT2D eigenvalue weighted by molar-refractivity contribution is 0.109. The Kier molecular flexibility index (Phi) is 8.16. The molecule has 1 aromatic carbocycles. The zero-order chi connectivity index (χ0) is 24.0. The first-order valence-electron chi connectivity index (χ1n) is 13.7. The van der Waals surface area contributed by atoms with Gasteiger partial charge in [0.2, 0.25) is 0 Å². The van der Waals surface area contributed by atoms with E-state index in [0.29, 0.717) is 6.61 Å². The van der Waals surface area contributed by atoms with Gasteiger partial charge in [-0.15, -0.1) is 0 Å². The first-order valence-corrected chi connectivity index (χ1v) is 13.7. The Labute approximate surface area is 210 Å². The lowest BCUT2D eigenvalue weighted by Crippen LogP contribution is -2.44. The highest BCUT2D eigenvalue weighted by atomic mass is 16.5. The van der Waals surface area contributed by atoms with Crippen LogP contribution in [0.4, 0.5) is 11.5 Å². The lowest BCUT2D eigenvalue weighted by atomic mass is 10.1. The van der Waals surface area contributed by atoms with Crippen LogP contribution in [0.25, 0.3) is 11.4 Å². The van der Waals surface area contributed by atoms with E-state index in [9.17, 15) is 0 Å². The Hall–Kier alpha value is -2.22. The van der Waals surface area contributed by atoms with E-state index >= 15 is 0 Å². The Bertz CT molecular complexity index is 953. The van der Waals surface area contributed by atoms with Crippen LogP contribution >= 0.6 is 0 Å². The van der Waals surface area contributed by atoms with Crippen molar-refractivity contribution >= 4 is 11.5 Å². The number of hydrogen-bond acceptors (Lipinski definition) is 7. The maximum Gasteiger partial charge on any atom is 0.161 e. The molecule has 1 saturated heterocycles. The largest absolute Gasteiger partial charge is 0.376 e. The first-order chi connectivity index (χ1) is 17.2. The molecule has 35 heavy (non-hydrogen) atoms. The summed E-state index contributed by atoms with van der Waals surface area (Å²) in [7, 11) is 2.19. The van der Waals surface area contributed by atoms with Crippen LogP contribution in [-0.4, -0.2) is 85.8 Å². The smallest absolute Gasteiger partial charge is 0.161 e.